The van der Waals surface area contributed by atoms with E-state index in [0.29, 0.717) is 0 Å². The van der Waals surface area contributed by atoms with Crippen LogP contribution in [0.5, 0.6) is 0 Å². The second-order valence-corrected chi connectivity index (χ2v) is 6.71. The monoisotopic (exact) mass is 502 g/mol. The number of nitrogens with zero attached hydrogens (tertiary/aromatic N) is 2. The lowest BCUT2D eigenvalue weighted by Crippen LogP contribution is -2.34. The van der Waals surface area contributed by atoms with Crippen LogP contribution < -0.4 is 0 Å². The van der Waals surface area contributed by atoms with Gasteiger partial charge in [-0.25, -0.2) is 14.4 Å². The molecule has 0 rings (SSSR count). The Bertz CT molecular complexity index is 714. The zero-order chi connectivity index (χ0) is 26.5. The number of aliphatic hydroxyl groups is 1. The smallest absolute Gasteiger partial charge is 0.330 e. The van der Waals surface area contributed by atoms with Gasteiger partial charge in [-0.2, -0.15) is 9.81 Å². The van der Waals surface area contributed by atoms with Gasteiger partial charge in [0.1, 0.15) is 44.1 Å². The Labute approximate surface area is 201 Å². The largest absolute Gasteiger partial charge is 0.460 e. The Morgan fingerprint density at radius 3 is 1.54 bits per heavy atom. The van der Waals surface area contributed by atoms with E-state index in [9.17, 15) is 29.3 Å². The van der Waals surface area contributed by atoms with E-state index in [1.165, 1.54) is 0 Å². The minimum absolute atomic E-state index is 0.144. The van der Waals surface area contributed by atoms with Crippen molar-refractivity contribution in [3.63, 3.8) is 0 Å². The second-order valence-electron chi connectivity index (χ2n) is 6.71. The van der Waals surface area contributed by atoms with Gasteiger partial charge >= 0.3 is 17.9 Å². The van der Waals surface area contributed by atoms with Gasteiger partial charge in [0.2, 0.25) is 0 Å². The maximum Gasteiger partial charge on any atom is 0.330 e. The summed E-state index contributed by atoms with van der Waals surface area (Å²) < 4.78 is 30.4. The Morgan fingerprint density at radius 1 is 0.657 bits per heavy atom. The summed E-state index contributed by atoms with van der Waals surface area (Å²) >= 11 is 0. The molecule has 0 heterocycles. The van der Waals surface area contributed by atoms with Crippen LogP contribution in [0.3, 0.4) is 0 Å². The first-order valence-corrected chi connectivity index (χ1v) is 10.3. The Morgan fingerprint density at radius 2 is 1.09 bits per heavy atom. The molecule has 0 amide bonds. The van der Waals surface area contributed by atoms with Crippen LogP contribution in [0.4, 0.5) is 0 Å². The van der Waals surface area contributed by atoms with Crippen molar-refractivity contribution < 1.29 is 47.9 Å². The van der Waals surface area contributed by atoms with Crippen molar-refractivity contribution in [3.8, 4) is 0 Å². The molecule has 35 heavy (non-hydrogen) atoms. The van der Waals surface area contributed by atoms with Crippen LogP contribution >= 0.6 is 0 Å². The van der Waals surface area contributed by atoms with E-state index in [2.05, 4.69) is 30.1 Å². The molecule has 0 radical (unpaired) electrons. The zero-order valence-corrected chi connectivity index (χ0v) is 19.2. The number of hydrogen-bond donors (Lipinski definition) is 1. The van der Waals surface area contributed by atoms with Gasteiger partial charge in [0.25, 0.3) is 0 Å². The molecule has 0 aliphatic heterocycles. The molecule has 0 aliphatic carbocycles. The third-order valence-electron chi connectivity index (χ3n) is 3.80. The van der Waals surface area contributed by atoms with Crippen LogP contribution in [0.25, 0.3) is 0 Å². The van der Waals surface area contributed by atoms with Crippen LogP contribution in [-0.4, -0.2) is 100 Å². The highest BCUT2D eigenvalue weighted by atomic mass is 16.6. The summed E-state index contributed by atoms with van der Waals surface area (Å²) in [4.78, 5) is 55.1. The molecule has 0 saturated heterocycles. The average molecular weight is 502 g/mol. The fraction of sp³-hybridized carbons (Fsp3) is 0.571. The molecule has 14 nitrogen and oxygen atoms in total. The summed E-state index contributed by atoms with van der Waals surface area (Å²) in [5, 5.41) is 15.4. The lowest BCUT2D eigenvalue weighted by molar-refractivity contribution is -0.143. The molecular weight excluding hydrogens is 472 g/mol. The second kappa shape index (κ2) is 20.1. The number of hydrogen-bond acceptors (Lipinski definition) is 14. The quantitative estimate of drug-likeness (QED) is 0.0920. The van der Waals surface area contributed by atoms with Gasteiger partial charge < -0.3 is 33.5 Å². The highest BCUT2D eigenvalue weighted by Gasteiger charge is 2.19. The molecule has 0 bridgehead atoms. The van der Waals surface area contributed by atoms with E-state index in [1.54, 1.807) is 0 Å². The van der Waals surface area contributed by atoms with E-state index in [-0.39, 0.29) is 52.9 Å². The molecule has 196 valence electrons. The molecule has 14 heteroatoms. The summed E-state index contributed by atoms with van der Waals surface area (Å²) in [6.45, 7) is 7.69. The molecule has 4 atom stereocenters. The van der Waals surface area contributed by atoms with E-state index in [1.807, 2.05) is 0 Å². The predicted molar refractivity (Wildman–Crippen MR) is 120 cm³/mol. The summed E-state index contributed by atoms with van der Waals surface area (Å²) in [7, 11) is 0. The lowest BCUT2D eigenvalue weighted by atomic mass is 10.3. The van der Waals surface area contributed by atoms with Gasteiger partial charge in [0.15, 0.2) is 0 Å². The predicted octanol–water partition coefficient (Wildman–Crippen LogP) is 0.223. The van der Waals surface area contributed by atoms with Gasteiger partial charge in [-0.3, -0.25) is 0 Å². The van der Waals surface area contributed by atoms with Crippen LogP contribution in [0.15, 0.2) is 48.3 Å². The minimum atomic E-state index is -1.13. The maximum atomic E-state index is 11.1. The molecule has 0 spiro atoms. The number of carbonyl (C=O) groups excluding carboxylic acids is 3. The Kier molecular flexibility index (Phi) is 18.2. The zero-order valence-electron chi connectivity index (χ0n) is 19.2. The van der Waals surface area contributed by atoms with Crippen molar-refractivity contribution in [3.05, 3.63) is 47.8 Å². The Balaban J connectivity index is 4.75. The lowest BCUT2D eigenvalue weighted by Gasteiger charge is -2.21. The van der Waals surface area contributed by atoms with E-state index < -0.39 is 42.2 Å². The van der Waals surface area contributed by atoms with Gasteiger partial charge in [-0.15, -0.1) is 0 Å². The van der Waals surface area contributed by atoms with E-state index in [4.69, 9.17) is 28.4 Å². The first kappa shape index (κ1) is 31.7. The van der Waals surface area contributed by atoms with Crippen molar-refractivity contribution >= 4 is 17.9 Å². The van der Waals surface area contributed by atoms with Gasteiger partial charge in [-0.05, 0) is 0 Å². The standard InChI is InChI=1S/C21H30N2O12/c1-4-19(25)33-9-15(22-28)7-30-13-18(14-31-11-17(24)12-35-21(27)6-3)32-8-16(23-29)10-34-20(26)5-2/h4-6,15-18,24H,1-3,7-14H2. The van der Waals surface area contributed by atoms with Crippen LogP contribution in [0.1, 0.15) is 0 Å². The normalized spacial score (nSPS) is 13.9. The van der Waals surface area contributed by atoms with Crippen LogP contribution in [0, 0.1) is 9.81 Å². The molecular formula is C21H30N2O12. The SMILES string of the molecule is C=CC(=O)OCC(O)COCC(COCC(COC(=O)C=C)N=O)OCC(COC(=O)C=C)N=O. The third-order valence-corrected chi connectivity index (χ3v) is 3.80. The Hall–Kier alpha value is -3.33. The molecule has 0 aromatic heterocycles. The number of carbonyl (C=O) groups is 3. The fourth-order valence-corrected chi connectivity index (χ4v) is 2.04. The van der Waals surface area contributed by atoms with Gasteiger partial charge in [0.05, 0.1) is 33.0 Å². The number of nitroso groups, excluding NO2 is 2. The van der Waals surface area contributed by atoms with Crippen LogP contribution in [-0.2, 0) is 42.8 Å². The third kappa shape index (κ3) is 16.9. The van der Waals surface area contributed by atoms with Gasteiger partial charge in [0, 0.05) is 18.2 Å². The molecule has 0 aromatic rings. The summed E-state index contributed by atoms with van der Waals surface area (Å²) in [5.41, 5.74) is 0. The maximum absolute atomic E-state index is 11.1. The molecule has 0 saturated carbocycles. The number of esters is 3. The van der Waals surface area contributed by atoms with Gasteiger partial charge in [-0.1, -0.05) is 30.1 Å². The van der Waals surface area contributed by atoms with E-state index in [0.717, 1.165) is 18.2 Å². The summed E-state index contributed by atoms with van der Waals surface area (Å²) in [6.07, 6.45) is 0.847. The molecule has 4 unspecified atom stereocenters. The fourth-order valence-electron chi connectivity index (χ4n) is 2.04. The molecule has 0 aliphatic rings. The highest BCUT2D eigenvalue weighted by Crippen LogP contribution is 2.04. The first-order chi connectivity index (χ1) is 16.8. The average Bonchev–Trinajstić information content (AvgIpc) is 2.87. The van der Waals surface area contributed by atoms with Crippen molar-refractivity contribution in [2.75, 3.05) is 52.9 Å². The van der Waals surface area contributed by atoms with Crippen molar-refractivity contribution in [2.24, 2.45) is 10.4 Å². The number of aliphatic hydroxyl groups excluding tert-OH is 1. The van der Waals surface area contributed by atoms with E-state index >= 15 is 0 Å². The minimum Gasteiger partial charge on any atom is -0.460 e. The number of ether oxygens (including phenoxy) is 6. The first-order valence-electron chi connectivity index (χ1n) is 10.3. The van der Waals surface area contributed by atoms with Crippen molar-refractivity contribution in [2.45, 2.75) is 24.3 Å². The van der Waals surface area contributed by atoms with Crippen LogP contribution in [0.2, 0.25) is 0 Å². The summed E-state index contributed by atoms with van der Waals surface area (Å²) in [5.74, 6) is -2.17. The summed E-state index contributed by atoms with van der Waals surface area (Å²) in [6, 6.07) is -2.03. The number of rotatable bonds is 22. The van der Waals surface area contributed by atoms with Crippen molar-refractivity contribution in [1.82, 2.24) is 0 Å². The highest BCUT2D eigenvalue weighted by molar-refractivity contribution is 5.81. The molecule has 1 N–H and O–H groups in total. The molecule has 0 fully saturated rings. The van der Waals surface area contributed by atoms with Crippen molar-refractivity contribution in [1.29, 1.82) is 0 Å². The molecule has 0 aromatic carbocycles. The topological polar surface area (TPSA) is 186 Å².